The van der Waals surface area contributed by atoms with Gasteiger partial charge in [0.1, 0.15) is 12.7 Å². The van der Waals surface area contributed by atoms with Crippen LogP contribution in [0.25, 0.3) is 11.0 Å². The molecule has 1 aromatic heterocycles. The first-order valence-electron chi connectivity index (χ1n) is 9.00. The van der Waals surface area contributed by atoms with Crippen molar-refractivity contribution in [2.24, 2.45) is 0 Å². The summed E-state index contributed by atoms with van der Waals surface area (Å²) < 4.78 is 22.4. The lowest BCUT2D eigenvalue weighted by Gasteiger charge is -2.24. The van der Waals surface area contributed by atoms with Crippen molar-refractivity contribution in [3.05, 3.63) is 40.2 Å². The fourth-order valence-corrected chi connectivity index (χ4v) is 3.99. The first-order chi connectivity index (χ1) is 12.9. The van der Waals surface area contributed by atoms with Crippen LogP contribution in [0.2, 0.25) is 0 Å². The molecule has 6 nitrogen and oxygen atoms in total. The van der Waals surface area contributed by atoms with E-state index in [4.69, 9.17) is 18.6 Å². The summed E-state index contributed by atoms with van der Waals surface area (Å²) in [7, 11) is 1.53. The van der Waals surface area contributed by atoms with Crippen molar-refractivity contribution in [1.82, 2.24) is 0 Å². The Labute approximate surface area is 157 Å². The van der Waals surface area contributed by atoms with Gasteiger partial charge < -0.3 is 18.6 Å². The van der Waals surface area contributed by atoms with E-state index in [2.05, 4.69) is 0 Å². The van der Waals surface area contributed by atoms with Crippen LogP contribution < -0.4 is 4.74 Å². The van der Waals surface area contributed by atoms with Gasteiger partial charge in [-0.15, -0.1) is 0 Å². The molecule has 0 saturated carbocycles. The van der Waals surface area contributed by atoms with Crippen LogP contribution in [0.5, 0.6) is 5.75 Å². The van der Waals surface area contributed by atoms with E-state index in [1.54, 1.807) is 26.2 Å². The fourth-order valence-electron chi connectivity index (χ4n) is 3.99. The third-order valence-corrected chi connectivity index (χ3v) is 5.59. The SMILES string of the molecule is CC=C(C)C(=O)OCc1c2c(c(OC)c3occ(C)c13)C(=O)[C@H]1O[C@H]1[C@@H]2C. The summed E-state index contributed by atoms with van der Waals surface area (Å²) in [6.45, 7) is 7.50. The number of hydrogen-bond donors (Lipinski definition) is 0. The second kappa shape index (κ2) is 6.23. The first kappa shape index (κ1) is 17.8. The minimum Gasteiger partial charge on any atom is -0.492 e. The third kappa shape index (κ3) is 2.51. The molecule has 1 aliphatic heterocycles. The number of hydrogen-bond acceptors (Lipinski definition) is 6. The minimum absolute atomic E-state index is 0.00758. The van der Waals surface area contributed by atoms with E-state index in [0.717, 1.165) is 22.1 Å². The Hall–Kier alpha value is -2.60. The minimum atomic E-state index is -0.421. The molecule has 27 heavy (non-hydrogen) atoms. The molecule has 6 heteroatoms. The highest BCUT2D eigenvalue weighted by molar-refractivity contribution is 6.11. The lowest BCUT2D eigenvalue weighted by Crippen LogP contribution is -2.26. The van der Waals surface area contributed by atoms with E-state index in [9.17, 15) is 9.59 Å². The van der Waals surface area contributed by atoms with E-state index in [-0.39, 0.29) is 30.4 Å². The molecule has 1 aliphatic carbocycles. The van der Waals surface area contributed by atoms with Crippen LogP contribution in [-0.2, 0) is 20.9 Å². The van der Waals surface area contributed by atoms with Crippen LogP contribution in [0.15, 0.2) is 22.3 Å². The van der Waals surface area contributed by atoms with Gasteiger partial charge in [0.15, 0.2) is 17.1 Å². The maximum absolute atomic E-state index is 12.9. The van der Waals surface area contributed by atoms with Crippen molar-refractivity contribution in [3.63, 3.8) is 0 Å². The first-order valence-corrected chi connectivity index (χ1v) is 9.00. The topological polar surface area (TPSA) is 78.3 Å². The highest BCUT2D eigenvalue weighted by Gasteiger charge is 2.55. The molecule has 1 saturated heterocycles. The van der Waals surface area contributed by atoms with Crippen molar-refractivity contribution >= 4 is 22.7 Å². The van der Waals surface area contributed by atoms with Gasteiger partial charge in [-0.2, -0.15) is 0 Å². The van der Waals surface area contributed by atoms with E-state index < -0.39 is 6.10 Å². The van der Waals surface area contributed by atoms with Gasteiger partial charge in [-0.25, -0.2) is 4.79 Å². The van der Waals surface area contributed by atoms with E-state index in [1.165, 1.54) is 7.11 Å². The number of fused-ring (bicyclic) bond motifs is 3. The summed E-state index contributed by atoms with van der Waals surface area (Å²) in [5, 5.41) is 0.829. The van der Waals surface area contributed by atoms with Gasteiger partial charge in [-0.3, -0.25) is 4.79 Å². The number of furan rings is 1. The predicted octanol–water partition coefficient (Wildman–Crippen LogP) is 3.83. The number of carbonyl (C=O) groups is 2. The standard InChI is InChI=1S/C21H22O6/c1-6-9(2)21(23)26-8-12-13-10(3)7-25-19(13)18(24-5)15-14(12)11(4)17-20(27-17)16(15)22/h6-7,11,17,20H,8H2,1-5H3/t11-,17+,20-/m1/s1. The highest BCUT2D eigenvalue weighted by atomic mass is 16.6. The number of Topliss-reactive ketones (excluding diaryl/α,β-unsaturated/α-hetero) is 1. The van der Waals surface area contributed by atoms with Crippen molar-refractivity contribution in [1.29, 1.82) is 0 Å². The normalized spacial score (nSPS) is 23.8. The maximum atomic E-state index is 12.9. The molecule has 1 fully saturated rings. The molecular formula is C21H22O6. The number of methoxy groups -OCH3 is 1. The second-order valence-electron chi connectivity index (χ2n) is 7.15. The van der Waals surface area contributed by atoms with Gasteiger partial charge in [0.2, 0.25) is 0 Å². The Morgan fingerprint density at radius 3 is 2.78 bits per heavy atom. The summed E-state index contributed by atoms with van der Waals surface area (Å²) in [5.41, 5.74) is 4.05. The van der Waals surface area contributed by atoms with Crippen LogP contribution in [0.3, 0.4) is 0 Å². The van der Waals surface area contributed by atoms with Crippen LogP contribution in [0.4, 0.5) is 0 Å². The number of epoxide rings is 1. The Morgan fingerprint density at radius 1 is 1.37 bits per heavy atom. The lowest BCUT2D eigenvalue weighted by atomic mass is 9.78. The molecule has 142 valence electrons. The van der Waals surface area contributed by atoms with Crippen LogP contribution in [-0.4, -0.2) is 31.1 Å². The Morgan fingerprint density at radius 2 is 2.11 bits per heavy atom. The number of rotatable bonds is 4. The quantitative estimate of drug-likeness (QED) is 0.462. The van der Waals surface area contributed by atoms with E-state index in [0.29, 0.717) is 22.5 Å². The summed E-state index contributed by atoms with van der Waals surface area (Å²) in [4.78, 5) is 25.1. The molecule has 0 N–H and O–H groups in total. The van der Waals surface area contributed by atoms with Crippen LogP contribution in [0.1, 0.15) is 53.7 Å². The number of benzene rings is 1. The molecule has 1 aromatic carbocycles. The Kier molecular flexibility index (Phi) is 4.11. The number of ether oxygens (including phenoxy) is 3. The largest absolute Gasteiger partial charge is 0.492 e. The smallest absolute Gasteiger partial charge is 0.333 e. The van der Waals surface area contributed by atoms with Crippen molar-refractivity contribution < 1.29 is 28.2 Å². The molecule has 0 unspecified atom stereocenters. The molecule has 2 aliphatic rings. The maximum Gasteiger partial charge on any atom is 0.333 e. The average Bonchev–Trinajstić information content (AvgIpc) is 3.39. The zero-order chi connectivity index (χ0) is 19.5. The van der Waals surface area contributed by atoms with Gasteiger partial charge in [0, 0.05) is 22.4 Å². The molecule has 0 spiro atoms. The van der Waals surface area contributed by atoms with Gasteiger partial charge in [0.25, 0.3) is 0 Å². The highest BCUT2D eigenvalue weighted by Crippen LogP contribution is 2.51. The van der Waals surface area contributed by atoms with Crippen molar-refractivity contribution in [3.8, 4) is 5.75 Å². The number of carbonyl (C=O) groups excluding carboxylic acids is 2. The summed E-state index contributed by atoms with van der Waals surface area (Å²) >= 11 is 0. The zero-order valence-corrected chi connectivity index (χ0v) is 16.0. The summed E-state index contributed by atoms with van der Waals surface area (Å²) in [6.07, 6.45) is 2.79. The average molecular weight is 370 g/mol. The number of aryl methyl sites for hydroxylation is 1. The Balaban J connectivity index is 1.93. The number of allylic oxidation sites excluding steroid dienone is 1. The number of ketones is 1. The zero-order valence-electron chi connectivity index (χ0n) is 16.0. The van der Waals surface area contributed by atoms with Gasteiger partial charge in [0.05, 0.1) is 25.0 Å². The molecular weight excluding hydrogens is 348 g/mol. The molecule has 0 amide bonds. The molecule has 0 radical (unpaired) electrons. The monoisotopic (exact) mass is 370 g/mol. The fraction of sp³-hybridized carbons (Fsp3) is 0.429. The van der Waals surface area contributed by atoms with Gasteiger partial charge >= 0.3 is 5.97 Å². The summed E-state index contributed by atoms with van der Waals surface area (Å²) in [5.74, 6) is -0.0600. The van der Waals surface area contributed by atoms with E-state index in [1.807, 2.05) is 13.8 Å². The molecule has 2 aromatic rings. The molecule has 2 heterocycles. The van der Waals surface area contributed by atoms with Crippen molar-refractivity contribution in [2.75, 3.05) is 7.11 Å². The van der Waals surface area contributed by atoms with Gasteiger partial charge in [-0.1, -0.05) is 13.0 Å². The van der Waals surface area contributed by atoms with Crippen LogP contribution in [0, 0.1) is 6.92 Å². The summed E-state index contributed by atoms with van der Waals surface area (Å²) in [6, 6.07) is 0. The Bertz CT molecular complexity index is 996. The predicted molar refractivity (Wildman–Crippen MR) is 98.1 cm³/mol. The second-order valence-corrected chi connectivity index (χ2v) is 7.15. The molecule has 4 rings (SSSR count). The van der Waals surface area contributed by atoms with E-state index >= 15 is 0 Å². The van der Waals surface area contributed by atoms with Crippen molar-refractivity contribution in [2.45, 2.75) is 52.4 Å². The number of esters is 1. The van der Waals surface area contributed by atoms with Crippen LogP contribution >= 0.6 is 0 Å². The lowest BCUT2D eigenvalue weighted by molar-refractivity contribution is -0.140. The molecule has 0 bridgehead atoms. The van der Waals surface area contributed by atoms with Gasteiger partial charge in [-0.05, 0) is 31.9 Å². The molecule has 3 atom stereocenters. The third-order valence-electron chi connectivity index (χ3n) is 5.59.